The average molecular weight is 393 g/mol. The highest BCUT2D eigenvalue weighted by molar-refractivity contribution is 5.84. The molecule has 1 heterocycles. The van der Waals surface area contributed by atoms with Crippen molar-refractivity contribution in [2.45, 2.75) is 19.4 Å². The molecule has 28 heavy (non-hydrogen) atoms. The van der Waals surface area contributed by atoms with Gasteiger partial charge in [-0.1, -0.05) is 0 Å². The van der Waals surface area contributed by atoms with E-state index in [2.05, 4.69) is 9.72 Å². The number of aromatic nitrogens is 1. The van der Waals surface area contributed by atoms with E-state index in [1.165, 1.54) is 12.1 Å². The summed E-state index contributed by atoms with van der Waals surface area (Å²) < 4.78 is 50.9. The van der Waals surface area contributed by atoms with Crippen LogP contribution in [0.1, 0.15) is 18.6 Å². The third-order valence-electron chi connectivity index (χ3n) is 3.76. The topological polar surface area (TPSA) is 77.9 Å². The molecule has 0 aliphatic carbocycles. The molecule has 0 bridgehead atoms. The van der Waals surface area contributed by atoms with E-state index >= 15 is 0 Å². The maximum absolute atomic E-state index is 12.2. The Labute approximate surface area is 157 Å². The molecule has 0 saturated heterocycles. The van der Waals surface area contributed by atoms with Gasteiger partial charge in [0.25, 0.3) is 0 Å². The zero-order valence-electron chi connectivity index (χ0n) is 14.4. The van der Waals surface area contributed by atoms with Crippen LogP contribution in [0.3, 0.4) is 0 Å². The smallest absolute Gasteiger partial charge is 0.457 e. The second kappa shape index (κ2) is 7.63. The van der Waals surface area contributed by atoms with Gasteiger partial charge in [-0.15, -0.1) is 13.2 Å². The predicted molar refractivity (Wildman–Crippen MR) is 92.5 cm³/mol. The fourth-order valence-electron chi connectivity index (χ4n) is 2.62. The van der Waals surface area contributed by atoms with Gasteiger partial charge in [0, 0.05) is 17.1 Å². The molecule has 0 fully saturated rings. The summed E-state index contributed by atoms with van der Waals surface area (Å²) in [5.41, 5.74) is 1.21. The van der Waals surface area contributed by atoms with Crippen LogP contribution in [0.5, 0.6) is 17.2 Å². The minimum absolute atomic E-state index is 0.300. The number of alkyl halides is 3. The third-order valence-corrected chi connectivity index (χ3v) is 3.76. The average Bonchev–Trinajstić information content (AvgIpc) is 2.61. The van der Waals surface area contributed by atoms with Crippen molar-refractivity contribution in [2.24, 2.45) is 0 Å². The number of carbonyl (C=O) groups is 1. The van der Waals surface area contributed by atoms with Crippen molar-refractivity contribution in [3.05, 3.63) is 60.3 Å². The van der Waals surface area contributed by atoms with Crippen LogP contribution in [0.15, 0.2) is 54.7 Å². The van der Waals surface area contributed by atoms with Crippen LogP contribution in [0.25, 0.3) is 10.9 Å². The second-order valence-electron chi connectivity index (χ2n) is 5.73. The first kappa shape index (κ1) is 19.3. The molecule has 0 spiro atoms. The van der Waals surface area contributed by atoms with Gasteiger partial charge in [0.15, 0.2) is 0 Å². The minimum Gasteiger partial charge on any atom is -0.457 e. The summed E-state index contributed by atoms with van der Waals surface area (Å²) in [6.45, 7) is 1.59. The quantitative estimate of drug-likeness (QED) is 0.562. The van der Waals surface area contributed by atoms with Gasteiger partial charge in [-0.3, -0.25) is 4.98 Å². The molecular weight excluding hydrogens is 379 g/mol. The second-order valence-corrected chi connectivity index (χ2v) is 5.73. The molecule has 3 rings (SSSR count). The fraction of sp³-hybridized carbons (Fsp3) is 0.158. The lowest BCUT2D eigenvalue weighted by molar-refractivity contribution is -0.274. The standard InChI is InChI=1S/C19H14F3NO5/c1-11(26-18(24)25)15-8-9-23-17-7-6-14(10-16(15)17)27-12-2-4-13(5-3-12)28-19(20,21)22/h2-11H,1H3,(H,24,25). The number of pyridine rings is 1. The molecule has 0 radical (unpaired) electrons. The monoisotopic (exact) mass is 393 g/mol. The normalized spacial score (nSPS) is 12.4. The van der Waals surface area contributed by atoms with Gasteiger partial charge in [-0.25, -0.2) is 4.79 Å². The molecule has 0 aliphatic rings. The van der Waals surface area contributed by atoms with E-state index in [0.29, 0.717) is 28.0 Å². The zero-order chi connectivity index (χ0) is 20.3. The SMILES string of the molecule is CC(OC(=O)O)c1ccnc2ccc(Oc3ccc(OC(F)(F)F)cc3)cc12. The van der Waals surface area contributed by atoms with E-state index in [1.807, 2.05) is 0 Å². The number of hydrogen-bond acceptors (Lipinski definition) is 5. The number of halogens is 3. The van der Waals surface area contributed by atoms with E-state index < -0.39 is 18.6 Å². The molecule has 2 aromatic carbocycles. The molecule has 0 amide bonds. The summed E-state index contributed by atoms with van der Waals surface area (Å²) in [5.74, 6) is 0.340. The largest absolute Gasteiger partial charge is 0.573 e. The maximum Gasteiger partial charge on any atom is 0.573 e. The molecule has 1 N–H and O–H groups in total. The number of rotatable bonds is 5. The highest BCUT2D eigenvalue weighted by Gasteiger charge is 2.31. The lowest BCUT2D eigenvalue weighted by Gasteiger charge is -2.14. The highest BCUT2D eigenvalue weighted by atomic mass is 19.4. The van der Waals surface area contributed by atoms with E-state index in [4.69, 9.17) is 14.6 Å². The van der Waals surface area contributed by atoms with Gasteiger partial charge >= 0.3 is 12.5 Å². The highest BCUT2D eigenvalue weighted by Crippen LogP contribution is 2.31. The van der Waals surface area contributed by atoms with Crippen LogP contribution in [0, 0.1) is 0 Å². The first-order valence-electron chi connectivity index (χ1n) is 8.03. The molecule has 1 aromatic heterocycles. The molecule has 0 aliphatic heterocycles. The molecule has 9 heteroatoms. The lowest BCUT2D eigenvalue weighted by atomic mass is 10.0. The Kier molecular flexibility index (Phi) is 5.25. The number of fused-ring (bicyclic) bond motifs is 1. The Hall–Kier alpha value is -3.49. The number of nitrogens with zero attached hydrogens (tertiary/aromatic N) is 1. The number of hydrogen-bond donors (Lipinski definition) is 1. The molecule has 0 saturated carbocycles. The molecule has 1 unspecified atom stereocenters. The number of ether oxygens (including phenoxy) is 3. The van der Waals surface area contributed by atoms with Gasteiger partial charge in [-0.2, -0.15) is 0 Å². The van der Waals surface area contributed by atoms with E-state index in [9.17, 15) is 18.0 Å². The van der Waals surface area contributed by atoms with E-state index in [1.54, 1.807) is 37.4 Å². The third kappa shape index (κ3) is 4.81. The Bertz CT molecular complexity index is 989. The van der Waals surface area contributed by atoms with Crippen LogP contribution in [-0.2, 0) is 4.74 Å². The van der Waals surface area contributed by atoms with Crippen LogP contribution in [0.2, 0.25) is 0 Å². The van der Waals surface area contributed by atoms with Crippen molar-refractivity contribution in [1.82, 2.24) is 4.98 Å². The Balaban J connectivity index is 1.85. The van der Waals surface area contributed by atoms with Gasteiger partial charge in [0.1, 0.15) is 23.4 Å². The van der Waals surface area contributed by atoms with Gasteiger partial charge in [-0.05, 0) is 55.5 Å². The summed E-state index contributed by atoms with van der Waals surface area (Å²) in [4.78, 5) is 15.0. The summed E-state index contributed by atoms with van der Waals surface area (Å²) in [7, 11) is 0. The summed E-state index contributed by atoms with van der Waals surface area (Å²) in [6.07, 6.45) is -5.35. The Morgan fingerprint density at radius 2 is 1.68 bits per heavy atom. The van der Waals surface area contributed by atoms with Crippen LogP contribution in [0.4, 0.5) is 18.0 Å². The number of benzene rings is 2. The van der Waals surface area contributed by atoms with Crippen molar-refractivity contribution >= 4 is 17.1 Å². The van der Waals surface area contributed by atoms with Crippen LogP contribution in [-0.4, -0.2) is 22.6 Å². The molecular formula is C19H14F3NO5. The first-order valence-corrected chi connectivity index (χ1v) is 8.03. The van der Waals surface area contributed by atoms with Gasteiger partial charge in [0.2, 0.25) is 0 Å². The van der Waals surface area contributed by atoms with Crippen molar-refractivity contribution in [3.63, 3.8) is 0 Å². The van der Waals surface area contributed by atoms with Gasteiger partial charge < -0.3 is 19.3 Å². The molecule has 3 aromatic rings. The maximum atomic E-state index is 12.2. The van der Waals surface area contributed by atoms with Crippen molar-refractivity contribution in [2.75, 3.05) is 0 Å². The van der Waals surface area contributed by atoms with Crippen molar-refractivity contribution in [1.29, 1.82) is 0 Å². The van der Waals surface area contributed by atoms with E-state index in [-0.39, 0.29) is 5.75 Å². The Morgan fingerprint density at radius 1 is 1.04 bits per heavy atom. The zero-order valence-corrected chi connectivity index (χ0v) is 14.4. The van der Waals surface area contributed by atoms with Crippen molar-refractivity contribution in [3.8, 4) is 17.2 Å². The van der Waals surface area contributed by atoms with E-state index in [0.717, 1.165) is 12.1 Å². The van der Waals surface area contributed by atoms with Crippen LogP contribution >= 0.6 is 0 Å². The summed E-state index contributed by atoms with van der Waals surface area (Å²) in [5, 5.41) is 9.45. The van der Waals surface area contributed by atoms with Gasteiger partial charge in [0.05, 0.1) is 5.52 Å². The Morgan fingerprint density at radius 3 is 2.32 bits per heavy atom. The predicted octanol–water partition coefficient (Wildman–Crippen LogP) is 5.68. The van der Waals surface area contributed by atoms with Crippen LogP contribution < -0.4 is 9.47 Å². The fourth-order valence-corrected chi connectivity index (χ4v) is 2.62. The summed E-state index contributed by atoms with van der Waals surface area (Å²) >= 11 is 0. The minimum atomic E-state index is -4.77. The first-order chi connectivity index (χ1) is 13.2. The molecule has 1 atom stereocenters. The summed E-state index contributed by atoms with van der Waals surface area (Å²) in [6, 6.07) is 11.6. The molecule has 6 nitrogen and oxygen atoms in total. The lowest BCUT2D eigenvalue weighted by Crippen LogP contribution is -2.16. The van der Waals surface area contributed by atoms with Crippen molar-refractivity contribution < 1.29 is 37.3 Å². The molecule has 146 valence electrons. The number of carboxylic acid groups (broad SMARTS) is 1.